The van der Waals surface area contributed by atoms with Gasteiger partial charge in [0.25, 0.3) is 0 Å². The Bertz CT molecular complexity index is 411. The van der Waals surface area contributed by atoms with Gasteiger partial charge in [-0.1, -0.05) is 0 Å². The number of nitrogens with two attached hydrogens (primary N) is 1. The molecular formula is C13H18N2. The Morgan fingerprint density at radius 2 is 1.80 bits per heavy atom. The van der Waals surface area contributed by atoms with Gasteiger partial charge < -0.3 is 10.6 Å². The molecule has 0 bridgehead atoms. The van der Waals surface area contributed by atoms with Gasteiger partial charge in [0.05, 0.1) is 0 Å². The van der Waals surface area contributed by atoms with Gasteiger partial charge in [0.2, 0.25) is 0 Å². The molecule has 1 heterocycles. The summed E-state index contributed by atoms with van der Waals surface area (Å²) in [6.45, 7) is 6.77. The van der Waals surface area contributed by atoms with Crippen molar-refractivity contribution in [2.75, 3.05) is 23.7 Å². The number of aryl methyl sites for hydroxylation is 2. The Morgan fingerprint density at radius 1 is 1.13 bits per heavy atom. The molecular weight excluding hydrogens is 184 g/mol. The van der Waals surface area contributed by atoms with Crippen molar-refractivity contribution in [3.63, 3.8) is 0 Å². The van der Waals surface area contributed by atoms with Crippen LogP contribution in [0.15, 0.2) is 12.1 Å². The fourth-order valence-electron chi connectivity index (χ4n) is 2.59. The van der Waals surface area contributed by atoms with Crippen LogP contribution in [-0.4, -0.2) is 13.1 Å². The number of rotatable bonds is 1. The summed E-state index contributed by atoms with van der Waals surface area (Å²) >= 11 is 0. The summed E-state index contributed by atoms with van der Waals surface area (Å²) in [5.41, 5.74) is 11.4. The molecule has 1 aromatic rings. The highest BCUT2D eigenvalue weighted by Crippen LogP contribution is 2.54. The van der Waals surface area contributed by atoms with Crippen molar-refractivity contribution in [3.8, 4) is 0 Å². The van der Waals surface area contributed by atoms with Crippen LogP contribution in [0.25, 0.3) is 0 Å². The minimum atomic E-state index is 0.724. The Morgan fingerprint density at radius 3 is 2.40 bits per heavy atom. The van der Waals surface area contributed by atoms with Gasteiger partial charge in [-0.15, -0.1) is 0 Å². The van der Waals surface area contributed by atoms with E-state index in [2.05, 4.69) is 30.9 Å². The fourth-order valence-corrected chi connectivity index (χ4v) is 2.59. The SMILES string of the molecule is Cc1cc(N2CC3(CC3)C2)c(C)cc1N. The Kier molecular flexibility index (Phi) is 1.63. The van der Waals surface area contributed by atoms with Crippen LogP contribution in [0.5, 0.6) is 0 Å². The van der Waals surface area contributed by atoms with Crippen LogP contribution >= 0.6 is 0 Å². The van der Waals surface area contributed by atoms with Gasteiger partial charge in [0.1, 0.15) is 0 Å². The van der Waals surface area contributed by atoms with Gasteiger partial charge in [-0.25, -0.2) is 0 Å². The zero-order chi connectivity index (χ0) is 10.6. The summed E-state index contributed by atoms with van der Waals surface area (Å²) in [6.07, 6.45) is 2.88. The third kappa shape index (κ3) is 1.31. The van der Waals surface area contributed by atoms with Crippen molar-refractivity contribution in [2.24, 2.45) is 5.41 Å². The standard InChI is InChI=1S/C13H18N2/c1-9-6-12(10(2)5-11(9)14)15-7-13(8-15)3-4-13/h5-6H,3-4,7-8,14H2,1-2H3. The van der Waals surface area contributed by atoms with Crippen LogP contribution in [0.1, 0.15) is 24.0 Å². The molecule has 0 aromatic heterocycles. The predicted molar refractivity (Wildman–Crippen MR) is 64.2 cm³/mol. The summed E-state index contributed by atoms with van der Waals surface area (Å²) in [4.78, 5) is 2.49. The quantitative estimate of drug-likeness (QED) is 0.709. The molecule has 0 unspecified atom stereocenters. The van der Waals surface area contributed by atoms with Crippen molar-refractivity contribution in [2.45, 2.75) is 26.7 Å². The maximum Gasteiger partial charge on any atom is 0.0400 e. The van der Waals surface area contributed by atoms with Crippen molar-refractivity contribution >= 4 is 11.4 Å². The van der Waals surface area contributed by atoms with Crippen molar-refractivity contribution in [1.29, 1.82) is 0 Å². The first-order chi connectivity index (χ1) is 7.10. The van der Waals surface area contributed by atoms with E-state index in [0.29, 0.717) is 0 Å². The number of nitrogens with zero attached hydrogens (tertiary/aromatic N) is 1. The summed E-state index contributed by atoms with van der Waals surface area (Å²) in [7, 11) is 0. The third-order valence-electron chi connectivity index (χ3n) is 3.93. The largest absolute Gasteiger partial charge is 0.399 e. The van der Waals surface area contributed by atoms with Gasteiger partial charge in [-0.05, 0) is 49.9 Å². The molecule has 0 radical (unpaired) electrons. The lowest BCUT2D eigenvalue weighted by molar-refractivity contribution is 0.387. The molecule has 0 amide bonds. The smallest absolute Gasteiger partial charge is 0.0400 e. The predicted octanol–water partition coefficient (Wildman–Crippen LogP) is 2.49. The highest BCUT2D eigenvalue weighted by Gasteiger charge is 2.52. The van der Waals surface area contributed by atoms with Gasteiger partial charge in [0.15, 0.2) is 0 Å². The lowest BCUT2D eigenvalue weighted by atomic mass is 9.94. The van der Waals surface area contributed by atoms with Crippen molar-refractivity contribution in [1.82, 2.24) is 0 Å². The molecule has 0 atom stereocenters. The molecule has 1 spiro atoms. The van der Waals surface area contributed by atoms with E-state index in [4.69, 9.17) is 5.73 Å². The Balaban J connectivity index is 1.88. The van der Waals surface area contributed by atoms with Crippen LogP contribution in [0.4, 0.5) is 11.4 Å². The maximum atomic E-state index is 5.90. The van der Waals surface area contributed by atoms with Gasteiger partial charge in [-0.2, -0.15) is 0 Å². The zero-order valence-corrected chi connectivity index (χ0v) is 9.51. The van der Waals surface area contributed by atoms with Crippen molar-refractivity contribution < 1.29 is 0 Å². The minimum absolute atomic E-state index is 0.724. The van der Waals surface area contributed by atoms with Gasteiger partial charge in [0, 0.05) is 29.9 Å². The number of hydrogen-bond donors (Lipinski definition) is 1. The molecule has 1 saturated heterocycles. The van der Waals surface area contributed by atoms with E-state index in [1.54, 1.807) is 0 Å². The highest BCUT2D eigenvalue weighted by atomic mass is 15.2. The van der Waals surface area contributed by atoms with Crippen LogP contribution in [0.2, 0.25) is 0 Å². The first-order valence-corrected chi connectivity index (χ1v) is 5.71. The molecule has 1 aliphatic carbocycles. The summed E-state index contributed by atoms with van der Waals surface area (Å²) in [6, 6.07) is 4.34. The summed E-state index contributed by atoms with van der Waals surface area (Å²) in [5.74, 6) is 0. The normalized spacial score (nSPS) is 21.6. The monoisotopic (exact) mass is 202 g/mol. The molecule has 1 saturated carbocycles. The molecule has 15 heavy (non-hydrogen) atoms. The van der Waals surface area contributed by atoms with E-state index in [1.807, 2.05) is 0 Å². The average Bonchev–Trinajstić information content (AvgIpc) is 2.89. The maximum absolute atomic E-state index is 5.90. The van der Waals surface area contributed by atoms with Crippen LogP contribution in [0.3, 0.4) is 0 Å². The number of nitrogen functional groups attached to an aromatic ring is 1. The molecule has 2 fully saturated rings. The average molecular weight is 202 g/mol. The van der Waals surface area contributed by atoms with Gasteiger partial charge >= 0.3 is 0 Å². The van der Waals surface area contributed by atoms with Crippen molar-refractivity contribution in [3.05, 3.63) is 23.3 Å². The molecule has 1 aromatic carbocycles. The number of benzene rings is 1. The fraction of sp³-hybridized carbons (Fsp3) is 0.538. The van der Waals surface area contributed by atoms with E-state index in [0.717, 1.165) is 11.1 Å². The lowest BCUT2D eigenvalue weighted by Crippen LogP contribution is -2.48. The van der Waals surface area contributed by atoms with E-state index in [1.165, 1.54) is 42.7 Å². The second-order valence-corrected chi connectivity index (χ2v) is 5.35. The summed E-state index contributed by atoms with van der Waals surface area (Å²) in [5, 5.41) is 0. The topological polar surface area (TPSA) is 29.3 Å². The van der Waals surface area contributed by atoms with E-state index in [-0.39, 0.29) is 0 Å². The van der Waals surface area contributed by atoms with Gasteiger partial charge in [-0.3, -0.25) is 0 Å². The third-order valence-corrected chi connectivity index (χ3v) is 3.93. The first-order valence-electron chi connectivity index (χ1n) is 5.71. The Hall–Kier alpha value is -1.18. The second-order valence-electron chi connectivity index (χ2n) is 5.35. The van der Waals surface area contributed by atoms with E-state index < -0.39 is 0 Å². The van der Waals surface area contributed by atoms with Crippen LogP contribution < -0.4 is 10.6 Å². The summed E-state index contributed by atoms with van der Waals surface area (Å²) < 4.78 is 0. The molecule has 3 rings (SSSR count). The lowest BCUT2D eigenvalue weighted by Gasteiger charge is -2.42. The molecule has 2 aliphatic rings. The molecule has 2 heteroatoms. The van der Waals surface area contributed by atoms with E-state index >= 15 is 0 Å². The van der Waals surface area contributed by atoms with E-state index in [9.17, 15) is 0 Å². The zero-order valence-electron chi connectivity index (χ0n) is 9.51. The molecule has 2 N–H and O–H groups in total. The van der Waals surface area contributed by atoms with Crippen LogP contribution in [0, 0.1) is 19.3 Å². The first kappa shape index (κ1) is 9.08. The highest BCUT2D eigenvalue weighted by molar-refractivity contribution is 5.64. The van der Waals surface area contributed by atoms with Crippen LogP contribution in [-0.2, 0) is 0 Å². The molecule has 80 valence electrons. The minimum Gasteiger partial charge on any atom is -0.399 e. The molecule has 2 nitrogen and oxygen atoms in total. The number of anilines is 2. The second kappa shape index (κ2) is 2.69. The molecule has 1 aliphatic heterocycles. The number of hydrogen-bond acceptors (Lipinski definition) is 2. The Labute approximate surface area is 91.1 Å².